The SMILES string of the molecule is ON(C1=NCCN1)C(c1ccccc1)c1ccccc1. The Balaban J connectivity index is 2.00. The van der Waals surface area contributed by atoms with Gasteiger partial charge in [-0.2, -0.15) is 0 Å². The van der Waals surface area contributed by atoms with Gasteiger partial charge in [-0.1, -0.05) is 60.7 Å². The van der Waals surface area contributed by atoms with Crippen LogP contribution in [0.2, 0.25) is 0 Å². The number of hydrogen-bond acceptors (Lipinski definition) is 4. The molecule has 0 aromatic heterocycles. The Morgan fingerprint density at radius 3 is 1.95 bits per heavy atom. The minimum absolute atomic E-state index is 0.262. The Kier molecular flexibility index (Phi) is 3.65. The molecule has 2 N–H and O–H groups in total. The van der Waals surface area contributed by atoms with Crippen LogP contribution in [0.3, 0.4) is 0 Å². The zero-order valence-electron chi connectivity index (χ0n) is 11.1. The minimum atomic E-state index is -0.262. The number of guanidine groups is 1. The van der Waals surface area contributed by atoms with Crippen LogP contribution in [-0.2, 0) is 0 Å². The quantitative estimate of drug-likeness (QED) is 0.840. The molecule has 20 heavy (non-hydrogen) atoms. The maximum atomic E-state index is 10.6. The predicted molar refractivity (Wildman–Crippen MR) is 78.7 cm³/mol. The molecule has 4 heteroatoms. The molecule has 3 rings (SSSR count). The maximum Gasteiger partial charge on any atom is 0.219 e. The third kappa shape index (κ3) is 2.51. The molecule has 1 heterocycles. The monoisotopic (exact) mass is 267 g/mol. The molecule has 1 aliphatic heterocycles. The Morgan fingerprint density at radius 2 is 1.50 bits per heavy atom. The molecule has 4 nitrogen and oxygen atoms in total. The summed E-state index contributed by atoms with van der Waals surface area (Å²) in [5.41, 5.74) is 2.05. The lowest BCUT2D eigenvalue weighted by Crippen LogP contribution is -2.39. The second-order valence-electron chi connectivity index (χ2n) is 4.70. The van der Waals surface area contributed by atoms with E-state index in [1.54, 1.807) is 0 Å². The van der Waals surface area contributed by atoms with Crippen LogP contribution >= 0.6 is 0 Å². The van der Waals surface area contributed by atoms with Gasteiger partial charge < -0.3 is 5.32 Å². The van der Waals surface area contributed by atoms with E-state index in [1.165, 1.54) is 5.06 Å². The smallest absolute Gasteiger partial charge is 0.219 e. The summed E-state index contributed by atoms with van der Waals surface area (Å²) < 4.78 is 0. The van der Waals surface area contributed by atoms with Gasteiger partial charge in [0.15, 0.2) is 0 Å². The summed E-state index contributed by atoms with van der Waals surface area (Å²) in [7, 11) is 0. The van der Waals surface area contributed by atoms with Crippen molar-refractivity contribution in [3.05, 3.63) is 71.8 Å². The molecule has 0 saturated carbocycles. The third-order valence-corrected chi connectivity index (χ3v) is 3.35. The zero-order chi connectivity index (χ0) is 13.8. The Labute approximate surface area is 118 Å². The van der Waals surface area contributed by atoms with E-state index in [4.69, 9.17) is 0 Å². The van der Waals surface area contributed by atoms with Crippen LogP contribution in [0.5, 0.6) is 0 Å². The molecule has 0 amide bonds. The maximum absolute atomic E-state index is 10.6. The minimum Gasteiger partial charge on any atom is -0.353 e. The zero-order valence-corrected chi connectivity index (χ0v) is 11.1. The van der Waals surface area contributed by atoms with E-state index < -0.39 is 0 Å². The summed E-state index contributed by atoms with van der Waals surface area (Å²) in [4.78, 5) is 4.29. The number of aliphatic imine (C=N–C) groups is 1. The van der Waals surface area contributed by atoms with Gasteiger partial charge in [-0.15, -0.1) is 0 Å². The largest absolute Gasteiger partial charge is 0.353 e. The lowest BCUT2D eigenvalue weighted by Gasteiger charge is -2.28. The third-order valence-electron chi connectivity index (χ3n) is 3.35. The Hall–Kier alpha value is -2.33. The average molecular weight is 267 g/mol. The van der Waals surface area contributed by atoms with Crippen molar-refractivity contribution in [1.82, 2.24) is 10.4 Å². The highest BCUT2D eigenvalue weighted by atomic mass is 16.5. The molecule has 102 valence electrons. The number of benzene rings is 2. The first-order valence-electron chi connectivity index (χ1n) is 6.72. The van der Waals surface area contributed by atoms with Crippen LogP contribution in [0.25, 0.3) is 0 Å². The predicted octanol–water partition coefficient (Wildman–Crippen LogP) is 2.43. The first-order chi connectivity index (χ1) is 9.86. The van der Waals surface area contributed by atoms with Crippen LogP contribution in [0.4, 0.5) is 0 Å². The van der Waals surface area contributed by atoms with Crippen molar-refractivity contribution in [1.29, 1.82) is 0 Å². The summed E-state index contributed by atoms with van der Waals surface area (Å²) in [6.45, 7) is 1.46. The van der Waals surface area contributed by atoms with Gasteiger partial charge in [-0.25, -0.2) is 10.1 Å². The highest BCUT2D eigenvalue weighted by Crippen LogP contribution is 2.27. The average Bonchev–Trinajstić information content (AvgIpc) is 3.04. The highest BCUT2D eigenvalue weighted by molar-refractivity contribution is 5.81. The van der Waals surface area contributed by atoms with Crippen LogP contribution in [-0.4, -0.2) is 29.3 Å². The van der Waals surface area contributed by atoms with E-state index in [1.807, 2.05) is 60.7 Å². The van der Waals surface area contributed by atoms with Crippen molar-refractivity contribution in [2.75, 3.05) is 13.1 Å². The summed E-state index contributed by atoms with van der Waals surface area (Å²) in [6, 6.07) is 19.6. The molecule has 1 aliphatic rings. The fraction of sp³-hybridized carbons (Fsp3) is 0.188. The number of hydroxylamine groups is 2. The molecule has 0 unspecified atom stereocenters. The molecule has 0 saturated heterocycles. The van der Waals surface area contributed by atoms with Crippen LogP contribution < -0.4 is 5.32 Å². The van der Waals surface area contributed by atoms with Crippen LogP contribution in [0.15, 0.2) is 65.7 Å². The molecule has 0 aliphatic carbocycles. The lowest BCUT2D eigenvalue weighted by molar-refractivity contribution is -0.0450. The molecule has 0 atom stereocenters. The topological polar surface area (TPSA) is 47.9 Å². The summed E-state index contributed by atoms with van der Waals surface area (Å²) in [5, 5.41) is 14.9. The molecule has 0 bridgehead atoms. The molecular formula is C16H17N3O. The van der Waals surface area contributed by atoms with Gasteiger partial charge in [0, 0.05) is 6.54 Å². The molecule has 2 aromatic rings. The van der Waals surface area contributed by atoms with Gasteiger partial charge in [0.1, 0.15) is 6.04 Å². The molecule has 2 aromatic carbocycles. The fourth-order valence-electron chi connectivity index (χ4n) is 2.41. The van der Waals surface area contributed by atoms with E-state index in [0.717, 1.165) is 17.7 Å². The second-order valence-corrected chi connectivity index (χ2v) is 4.70. The first-order valence-corrected chi connectivity index (χ1v) is 6.72. The Morgan fingerprint density at radius 1 is 0.950 bits per heavy atom. The van der Waals surface area contributed by atoms with E-state index in [-0.39, 0.29) is 6.04 Å². The van der Waals surface area contributed by atoms with Crippen molar-refractivity contribution < 1.29 is 5.21 Å². The molecule has 0 fully saturated rings. The number of hydrogen-bond donors (Lipinski definition) is 2. The van der Waals surface area contributed by atoms with E-state index in [0.29, 0.717) is 12.5 Å². The van der Waals surface area contributed by atoms with Gasteiger partial charge in [-0.3, -0.25) is 5.21 Å². The highest BCUT2D eigenvalue weighted by Gasteiger charge is 2.25. The van der Waals surface area contributed by atoms with Crippen molar-refractivity contribution in [2.24, 2.45) is 4.99 Å². The fourth-order valence-corrected chi connectivity index (χ4v) is 2.41. The van der Waals surface area contributed by atoms with E-state index in [9.17, 15) is 5.21 Å². The van der Waals surface area contributed by atoms with Crippen LogP contribution in [0.1, 0.15) is 17.2 Å². The van der Waals surface area contributed by atoms with Gasteiger partial charge in [-0.05, 0) is 11.1 Å². The Bertz CT molecular complexity index is 544. The van der Waals surface area contributed by atoms with E-state index in [2.05, 4.69) is 10.3 Å². The second kappa shape index (κ2) is 5.75. The number of rotatable bonds is 3. The standard InChI is InChI=1S/C16H17N3O/c20-19(16-17-11-12-18-16)15(13-7-3-1-4-8-13)14-9-5-2-6-10-14/h1-10,15,20H,11-12H2,(H,17,18). The van der Waals surface area contributed by atoms with Gasteiger partial charge in [0.05, 0.1) is 6.54 Å². The normalized spacial score (nSPS) is 14.0. The van der Waals surface area contributed by atoms with Gasteiger partial charge in [0.2, 0.25) is 5.96 Å². The summed E-state index contributed by atoms with van der Waals surface area (Å²) in [6.07, 6.45) is 0. The first kappa shape index (κ1) is 12.7. The van der Waals surface area contributed by atoms with Crippen LogP contribution in [0, 0.1) is 0 Å². The molecular weight excluding hydrogens is 250 g/mol. The molecule has 0 spiro atoms. The van der Waals surface area contributed by atoms with Crippen molar-refractivity contribution in [2.45, 2.75) is 6.04 Å². The number of nitrogens with one attached hydrogen (secondary N) is 1. The molecule has 0 radical (unpaired) electrons. The van der Waals surface area contributed by atoms with Crippen molar-refractivity contribution in [3.63, 3.8) is 0 Å². The van der Waals surface area contributed by atoms with Gasteiger partial charge in [0.25, 0.3) is 0 Å². The lowest BCUT2D eigenvalue weighted by atomic mass is 9.98. The van der Waals surface area contributed by atoms with Crippen molar-refractivity contribution in [3.8, 4) is 0 Å². The van der Waals surface area contributed by atoms with Crippen molar-refractivity contribution >= 4 is 5.96 Å². The van der Waals surface area contributed by atoms with Gasteiger partial charge >= 0.3 is 0 Å². The summed E-state index contributed by atoms with van der Waals surface area (Å²) in [5.74, 6) is 0.530. The van der Waals surface area contributed by atoms with E-state index >= 15 is 0 Å². The summed E-state index contributed by atoms with van der Waals surface area (Å²) >= 11 is 0. The number of nitrogens with zero attached hydrogens (tertiary/aromatic N) is 2.